The molecule has 0 fully saturated rings. The van der Waals surface area contributed by atoms with E-state index in [0.717, 1.165) is 5.56 Å². The minimum atomic E-state index is -0.343. The number of aryl methyl sites for hydroxylation is 1. The van der Waals surface area contributed by atoms with Crippen molar-refractivity contribution < 1.29 is 19.0 Å². The lowest BCUT2D eigenvalue weighted by atomic mass is 10.3. The molecule has 9 nitrogen and oxygen atoms in total. The maximum absolute atomic E-state index is 12.1. The van der Waals surface area contributed by atoms with Crippen molar-refractivity contribution in [3.8, 4) is 17.3 Å². The van der Waals surface area contributed by atoms with Gasteiger partial charge in [0.15, 0.2) is 11.0 Å². The summed E-state index contributed by atoms with van der Waals surface area (Å²) in [5, 5.41) is 13.1. The zero-order valence-electron chi connectivity index (χ0n) is 15.8. The van der Waals surface area contributed by atoms with E-state index in [2.05, 4.69) is 15.3 Å². The Bertz CT molecular complexity index is 730. The average molecular weight is 383 g/mol. The number of esters is 1. The van der Waals surface area contributed by atoms with E-state index in [9.17, 15) is 4.79 Å². The van der Waals surface area contributed by atoms with Crippen LogP contribution in [0.1, 0.15) is 20.3 Å². The maximum atomic E-state index is 12.1. The van der Waals surface area contributed by atoms with Crippen LogP contribution in [0.3, 0.4) is 0 Å². The van der Waals surface area contributed by atoms with Crippen LogP contribution in [0.2, 0.25) is 0 Å². The summed E-state index contributed by atoms with van der Waals surface area (Å²) in [5.41, 5.74) is 0.731. The molecule has 0 saturated carbocycles. The Hall–Kier alpha value is -2.07. The molecular formula is C16H25N5O4S. The highest BCUT2D eigenvalue weighted by atomic mass is 32.2. The minimum absolute atomic E-state index is 0.248. The van der Waals surface area contributed by atoms with Crippen LogP contribution in [0.15, 0.2) is 11.4 Å². The van der Waals surface area contributed by atoms with Crippen molar-refractivity contribution in [1.29, 1.82) is 0 Å². The molecule has 144 valence electrons. The first-order valence-corrected chi connectivity index (χ1v) is 9.27. The Morgan fingerprint density at radius 1 is 1.31 bits per heavy atom. The lowest BCUT2D eigenvalue weighted by Crippen LogP contribution is -2.20. The van der Waals surface area contributed by atoms with Gasteiger partial charge in [0, 0.05) is 20.4 Å². The predicted molar refractivity (Wildman–Crippen MR) is 97.2 cm³/mol. The Balaban J connectivity index is 2.38. The molecule has 10 heteroatoms. The van der Waals surface area contributed by atoms with E-state index in [-0.39, 0.29) is 11.2 Å². The second-order valence-electron chi connectivity index (χ2n) is 5.44. The molecule has 1 unspecified atom stereocenters. The number of carbonyl (C=O) groups excluding carboxylic acids is 1. The molecule has 0 bridgehead atoms. The van der Waals surface area contributed by atoms with Gasteiger partial charge in [0.05, 0.1) is 26.9 Å². The van der Waals surface area contributed by atoms with Gasteiger partial charge in [-0.3, -0.25) is 14.0 Å². The number of hydrogen-bond acceptors (Lipinski definition) is 8. The second kappa shape index (κ2) is 9.58. The van der Waals surface area contributed by atoms with Crippen molar-refractivity contribution >= 4 is 17.7 Å². The van der Waals surface area contributed by atoms with Crippen LogP contribution in [-0.4, -0.2) is 63.2 Å². The van der Waals surface area contributed by atoms with E-state index in [1.807, 2.05) is 24.7 Å². The summed E-state index contributed by atoms with van der Waals surface area (Å²) >= 11 is 1.34. The van der Waals surface area contributed by atoms with Crippen LogP contribution >= 0.6 is 11.8 Å². The molecule has 2 rings (SSSR count). The van der Waals surface area contributed by atoms with E-state index in [4.69, 9.17) is 14.2 Å². The van der Waals surface area contributed by atoms with Crippen molar-refractivity contribution in [2.24, 2.45) is 7.05 Å². The molecule has 2 aromatic heterocycles. The molecule has 0 saturated heterocycles. The predicted octanol–water partition coefficient (Wildman–Crippen LogP) is 1.77. The summed E-state index contributed by atoms with van der Waals surface area (Å²) in [4.78, 5) is 12.1. The van der Waals surface area contributed by atoms with Crippen LogP contribution < -0.4 is 4.74 Å². The van der Waals surface area contributed by atoms with Crippen LogP contribution in [0.4, 0.5) is 0 Å². The smallest absolute Gasteiger partial charge is 0.319 e. The summed E-state index contributed by atoms with van der Waals surface area (Å²) in [5.74, 6) is 0.836. The van der Waals surface area contributed by atoms with Crippen molar-refractivity contribution in [1.82, 2.24) is 24.5 Å². The minimum Gasteiger partial charge on any atom is -0.479 e. The molecule has 1 atom stereocenters. The average Bonchev–Trinajstić information content (AvgIpc) is 3.20. The monoisotopic (exact) mass is 383 g/mol. The van der Waals surface area contributed by atoms with Gasteiger partial charge in [-0.25, -0.2) is 0 Å². The molecule has 0 aliphatic carbocycles. The van der Waals surface area contributed by atoms with Gasteiger partial charge in [-0.15, -0.1) is 15.3 Å². The fraction of sp³-hybridized carbons (Fsp3) is 0.625. The number of nitrogens with zero attached hydrogens (tertiary/aromatic N) is 5. The highest BCUT2D eigenvalue weighted by molar-refractivity contribution is 8.00. The highest BCUT2D eigenvalue weighted by Gasteiger charge is 2.25. The molecular weight excluding hydrogens is 358 g/mol. The van der Waals surface area contributed by atoms with Gasteiger partial charge in [0.2, 0.25) is 5.88 Å². The van der Waals surface area contributed by atoms with E-state index in [1.54, 1.807) is 25.8 Å². The number of methoxy groups -OCH3 is 2. The first kappa shape index (κ1) is 20.2. The summed E-state index contributed by atoms with van der Waals surface area (Å²) in [6.45, 7) is 5.11. The third kappa shape index (κ3) is 4.55. The lowest BCUT2D eigenvalue weighted by Gasteiger charge is -2.14. The number of rotatable bonds is 10. The number of carbonyl (C=O) groups is 1. The van der Waals surface area contributed by atoms with Crippen LogP contribution in [0.5, 0.6) is 5.88 Å². The van der Waals surface area contributed by atoms with Crippen LogP contribution in [0.25, 0.3) is 11.4 Å². The number of ether oxygens (including phenoxy) is 3. The molecule has 2 heterocycles. The van der Waals surface area contributed by atoms with Crippen LogP contribution in [-0.2, 0) is 27.9 Å². The first-order valence-electron chi connectivity index (χ1n) is 8.39. The lowest BCUT2D eigenvalue weighted by molar-refractivity contribution is -0.142. The molecule has 2 aromatic rings. The zero-order valence-corrected chi connectivity index (χ0v) is 16.6. The molecule has 0 aromatic carbocycles. The zero-order chi connectivity index (χ0) is 19.1. The normalized spacial score (nSPS) is 12.2. The molecule has 0 amide bonds. The molecule has 0 spiro atoms. The van der Waals surface area contributed by atoms with Gasteiger partial charge >= 0.3 is 5.97 Å². The number of hydrogen-bond donors (Lipinski definition) is 0. The second-order valence-corrected chi connectivity index (χ2v) is 6.61. The maximum Gasteiger partial charge on any atom is 0.319 e. The Kier molecular flexibility index (Phi) is 7.46. The van der Waals surface area contributed by atoms with E-state index in [0.29, 0.717) is 43.0 Å². The summed E-state index contributed by atoms with van der Waals surface area (Å²) in [6.07, 6.45) is 2.45. The standard InChI is InChI=1S/C16H25N5O4S/c1-6-12(15(22)25-7-2)26-16-18-17-13(21(16)8-9-23-4)11-10-20(3)19-14(11)24-5/h10,12H,6-9H2,1-5H3. The van der Waals surface area contributed by atoms with Gasteiger partial charge in [0.25, 0.3) is 0 Å². The summed E-state index contributed by atoms with van der Waals surface area (Å²) in [7, 11) is 5.01. The Labute approximate surface area is 157 Å². The molecule has 0 aliphatic heterocycles. The summed E-state index contributed by atoms with van der Waals surface area (Å²) in [6, 6.07) is 0. The van der Waals surface area contributed by atoms with Gasteiger partial charge < -0.3 is 14.2 Å². The molecule has 0 aliphatic rings. The third-order valence-corrected chi connectivity index (χ3v) is 4.96. The van der Waals surface area contributed by atoms with Crippen molar-refractivity contribution in [2.45, 2.75) is 37.2 Å². The Morgan fingerprint density at radius 3 is 2.69 bits per heavy atom. The van der Waals surface area contributed by atoms with Gasteiger partial charge in [-0.05, 0) is 13.3 Å². The first-order chi connectivity index (χ1) is 12.5. The summed E-state index contributed by atoms with van der Waals surface area (Å²) < 4.78 is 19.3. The van der Waals surface area contributed by atoms with E-state index < -0.39 is 0 Å². The number of aromatic nitrogens is 5. The quantitative estimate of drug-likeness (QED) is 0.453. The SMILES string of the molecule is CCOC(=O)C(CC)Sc1nnc(-c2cn(C)nc2OC)n1CCOC. The fourth-order valence-electron chi connectivity index (χ4n) is 2.39. The van der Waals surface area contributed by atoms with E-state index in [1.165, 1.54) is 11.8 Å². The van der Waals surface area contributed by atoms with Crippen molar-refractivity contribution in [2.75, 3.05) is 27.4 Å². The van der Waals surface area contributed by atoms with Crippen molar-refractivity contribution in [3.63, 3.8) is 0 Å². The third-order valence-electron chi connectivity index (χ3n) is 3.63. The molecule has 0 N–H and O–H groups in total. The number of thioether (sulfide) groups is 1. The van der Waals surface area contributed by atoms with Gasteiger partial charge in [-0.2, -0.15) is 0 Å². The Morgan fingerprint density at radius 2 is 2.08 bits per heavy atom. The van der Waals surface area contributed by atoms with Crippen molar-refractivity contribution in [3.05, 3.63) is 6.20 Å². The van der Waals surface area contributed by atoms with Crippen LogP contribution in [0, 0.1) is 0 Å². The fourth-order valence-corrected chi connectivity index (χ4v) is 3.37. The largest absolute Gasteiger partial charge is 0.479 e. The molecule has 26 heavy (non-hydrogen) atoms. The van der Waals surface area contributed by atoms with E-state index >= 15 is 0 Å². The highest BCUT2D eigenvalue weighted by Crippen LogP contribution is 2.32. The van der Waals surface area contributed by atoms with Gasteiger partial charge in [-0.1, -0.05) is 18.7 Å². The topological polar surface area (TPSA) is 93.3 Å². The van der Waals surface area contributed by atoms with Gasteiger partial charge in [0.1, 0.15) is 10.8 Å². The molecule has 0 radical (unpaired) electrons.